The summed E-state index contributed by atoms with van der Waals surface area (Å²) >= 11 is 0. The molecule has 246 valence electrons. The molecule has 0 unspecified atom stereocenters. The third-order valence-corrected chi connectivity index (χ3v) is 6.24. The molecule has 0 aliphatic carbocycles. The minimum Gasteiger partial charge on any atom is -0.490 e. The SMILES string of the molecule is C=CC(=O)OCCOc1ccc(/N=N/c2ccc(NNc3ccc(/N=N/c4ccc(OCCOC(=O)C=C)cc4F)cc3)cc2C)cc1. The van der Waals surface area contributed by atoms with Gasteiger partial charge in [0.25, 0.3) is 0 Å². The summed E-state index contributed by atoms with van der Waals surface area (Å²) in [6, 6.07) is 24.0. The summed E-state index contributed by atoms with van der Waals surface area (Å²) in [7, 11) is 0. The van der Waals surface area contributed by atoms with Crippen LogP contribution in [0.4, 0.5) is 38.5 Å². The second-order valence-electron chi connectivity index (χ2n) is 9.75. The van der Waals surface area contributed by atoms with Crippen molar-refractivity contribution in [3.63, 3.8) is 0 Å². The highest BCUT2D eigenvalue weighted by atomic mass is 19.1. The van der Waals surface area contributed by atoms with E-state index in [1.807, 2.05) is 25.1 Å². The summed E-state index contributed by atoms with van der Waals surface area (Å²) < 4.78 is 35.0. The number of ether oxygens (including phenoxy) is 4. The van der Waals surface area contributed by atoms with E-state index in [2.05, 4.69) is 44.5 Å². The van der Waals surface area contributed by atoms with Gasteiger partial charge in [0.05, 0.1) is 28.4 Å². The van der Waals surface area contributed by atoms with E-state index < -0.39 is 17.8 Å². The molecule has 2 N–H and O–H groups in total. The third-order valence-electron chi connectivity index (χ3n) is 6.24. The number of rotatable bonds is 17. The molecule has 0 aliphatic heterocycles. The van der Waals surface area contributed by atoms with Crippen molar-refractivity contribution in [1.29, 1.82) is 0 Å². The maximum absolute atomic E-state index is 14.4. The highest BCUT2D eigenvalue weighted by molar-refractivity contribution is 5.81. The fourth-order valence-electron chi connectivity index (χ4n) is 3.81. The molecule has 12 nitrogen and oxygen atoms in total. The van der Waals surface area contributed by atoms with Crippen LogP contribution in [-0.2, 0) is 19.1 Å². The lowest BCUT2D eigenvalue weighted by Crippen LogP contribution is -2.10. The number of nitrogens with one attached hydrogen (secondary N) is 2. The Morgan fingerprint density at radius 3 is 1.73 bits per heavy atom. The molecule has 0 aromatic heterocycles. The van der Waals surface area contributed by atoms with Gasteiger partial charge >= 0.3 is 11.9 Å². The van der Waals surface area contributed by atoms with Crippen LogP contribution in [0, 0.1) is 12.7 Å². The van der Waals surface area contributed by atoms with Gasteiger partial charge in [-0.3, -0.25) is 0 Å². The lowest BCUT2D eigenvalue weighted by atomic mass is 10.2. The lowest BCUT2D eigenvalue weighted by Gasteiger charge is -2.11. The molecule has 4 rings (SSSR count). The van der Waals surface area contributed by atoms with Crippen molar-refractivity contribution in [3.8, 4) is 11.5 Å². The minimum atomic E-state index is -0.604. The highest BCUT2D eigenvalue weighted by Crippen LogP contribution is 2.28. The Balaban J connectivity index is 1.22. The van der Waals surface area contributed by atoms with E-state index >= 15 is 0 Å². The molecule has 0 saturated heterocycles. The van der Waals surface area contributed by atoms with Gasteiger partial charge in [-0.25, -0.2) is 14.0 Å². The van der Waals surface area contributed by atoms with Crippen LogP contribution in [0.25, 0.3) is 0 Å². The quantitative estimate of drug-likeness (QED) is 0.0379. The first-order chi connectivity index (χ1) is 23.3. The minimum absolute atomic E-state index is 0.0173. The summed E-state index contributed by atoms with van der Waals surface area (Å²) in [5, 5.41) is 16.7. The van der Waals surface area contributed by atoms with Gasteiger partial charge in [-0.2, -0.15) is 15.3 Å². The van der Waals surface area contributed by atoms with Crippen LogP contribution in [0.5, 0.6) is 11.5 Å². The molecule has 0 spiro atoms. The van der Waals surface area contributed by atoms with Gasteiger partial charge in [0.1, 0.15) is 43.6 Å². The monoisotopic (exact) mass is 652 g/mol. The maximum Gasteiger partial charge on any atom is 0.330 e. The number of hydrogen-bond donors (Lipinski definition) is 2. The van der Waals surface area contributed by atoms with E-state index in [0.29, 0.717) is 22.8 Å². The van der Waals surface area contributed by atoms with Crippen LogP contribution in [0.15, 0.2) is 131 Å². The van der Waals surface area contributed by atoms with Gasteiger partial charge in [0.2, 0.25) is 0 Å². The average molecular weight is 653 g/mol. The van der Waals surface area contributed by atoms with Gasteiger partial charge in [-0.05, 0) is 91.3 Å². The Labute approximate surface area is 276 Å². The van der Waals surface area contributed by atoms with E-state index in [4.69, 9.17) is 18.9 Å². The van der Waals surface area contributed by atoms with Crippen LogP contribution >= 0.6 is 0 Å². The van der Waals surface area contributed by atoms with E-state index in [1.54, 1.807) is 54.6 Å². The van der Waals surface area contributed by atoms with Gasteiger partial charge in [0.15, 0.2) is 5.82 Å². The van der Waals surface area contributed by atoms with Gasteiger partial charge in [-0.15, -0.1) is 5.11 Å². The first-order valence-corrected chi connectivity index (χ1v) is 14.6. The Kier molecular flexibility index (Phi) is 12.9. The molecule has 0 bridgehead atoms. The normalized spacial score (nSPS) is 10.8. The van der Waals surface area contributed by atoms with Crippen LogP contribution in [0.2, 0.25) is 0 Å². The standard InChI is InChI=1S/C35H33FN6O6/c1-4-34(43)47-20-18-45-29-13-10-27(11-14-29)38-41-32-16-12-28(22-24(32)3)40-37-25-6-8-26(9-7-25)39-42-33-17-15-30(23-31(33)36)46-19-21-48-35(44)5-2/h4-17,22-23,37,40H,1-2,18-21H2,3H3/b41-38+,42-39+. The number of anilines is 2. The molecule has 0 fully saturated rings. The molecule has 13 heteroatoms. The second kappa shape index (κ2) is 17.9. The molecule has 0 atom stereocenters. The van der Waals surface area contributed by atoms with Crippen molar-refractivity contribution in [2.75, 3.05) is 37.3 Å². The number of hydrazine groups is 1. The Bertz CT molecular complexity index is 1780. The van der Waals surface area contributed by atoms with Crippen LogP contribution < -0.4 is 20.3 Å². The summed E-state index contributed by atoms with van der Waals surface area (Å²) in [5.74, 6) is -0.760. The number of hydrogen-bond acceptors (Lipinski definition) is 12. The zero-order valence-corrected chi connectivity index (χ0v) is 26.1. The molecule has 0 saturated carbocycles. The molecule has 0 heterocycles. The molecule has 0 aliphatic rings. The van der Waals surface area contributed by atoms with Gasteiger partial charge in [0, 0.05) is 18.2 Å². The van der Waals surface area contributed by atoms with Crippen molar-refractivity contribution in [1.82, 2.24) is 0 Å². The first kappa shape index (κ1) is 34.5. The number of esters is 2. The molecule has 48 heavy (non-hydrogen) atoms. The van der Waals surface area contributed by atoms with E-state index in [1.165, 1.54) is 12.1 Å². The van der Waals surface area contributed by atoms with Crippen molar-refractivity contribution < 1.29 is 32.9 Å². The summed E-state index contributed by atoms with van der Waals surface area (Å²) in [6.45, 7) is 9.02. The topological polar surface area (TPSA) is 145 Å². The first-order valence-electron chi connectivity index (χ1n) is 14.6. The number of aryl methyl sites for hydroxylation is 1. The fraction of sp³-hybridized carbons (Fsp3) is 0.143. The van der Waals surface area contributed by atoms with Gasteiger partial charge < -0.3 is 29.8 Å². The number of azo groups is 2. The molecule has 4 aromatic rings. The number of carbonyl (C=O) groups excluding carboxylic acids is 2. The maximum atomic E-state index is 14.4. The molecule has 4 aromatic carbocycles. The zero-order chi connectivity index (χ0) is 34.1. The molecular weight excluding hydrogens is 619 g/mol. The Morgan fingerprint density at radius 1 is 0.646 bits per heavy atom. The van der Waals surface area contributed by atoms with E-state index in [-0.39, 0.29) is 37.9 Å². The number of halogens is 1. The highest BCUT2D eigenvalue weighted by Gasteiger charge is 2.06. The average Bonchev–Trinajstić information content (AvgIpc) is 3.11. The molecule has 0 amide bonds. The van der Waals surface area contributed by atoms with Crippen molar-refractivity contribution in [2.24, 2.45) is 20.5 Å². The number of nitrogens with zero attached hydrogens (tertiary/aromatic N) is 4. The Hall–Kier alpha value is -6.37. The summed E-state index contributed by atoms with van der Waals surface area (Å²) in [5.41, 5.74) is 10.7. The van der Waals surface area contributed by atoms with Gasteiger partial charge in [-0.1, -0.05) is 13.2 Å². The smallest absolute Gasteiger partial charge is 0.330 e. The number of benzene rings is 4. The number of carbonyl (C=O) groups is 2. The largest absolute Gasteiger partial charge is 0.490 e. The molecular formula is C35H33FN6O6. The summed E-state index contributed by atoms with van der Waals surface area (Å²) in [6.07, 6.45) is 2.15. The second-order valence-corrected chi connectivity index (χ2v) is 9.75. The van der Waals surface area contributed by atoms with Crippen molar-refractivity contribution in [3.05, 3.63) is 122 Å². The van der Waals surface area contributed by atoms with Crippen molar-refractivity contribution in [2.45, 2.75) is 6.92 Å². The van der Waals surface area contributed by atoms with Crippen LogP contribution in [-0.4, -0.2) is 38.4 Å². The van der Waals surface area contributed by atoms with E-state index in [0.717, 1.165) is 29.1 Å². The Morgan fingerprint density at radius 2 is 1.15 bits per heavy atom. The van der Waals surface area contributed by atoms with Crippen molar-refractivity contribution >= 4 is 46.1 Å². The predicted octanol–water partition coefficient (Wildman–Crippen LogP) is 8.62. The fourth-order valence-corrected chi connectivity index (χ4v) is 3.81. The zero-order valence-electron chi connectivity index (χ0n) is 26.1. The summed E-state index contributed by atoms with van der Waals surface area (Å²) in [4.78, 5) is 22.1. The lowest BCUT2D eigenvalue weighted by molar-refractivity contribution is -0.139. The van der Waals surface area contributed by atoms with Crippen LogP contribution in [0.3, 0.4) is 0 Å². The third kappa shape index (κ3) is 11.2. The van der Waals surface area contributed by atoms with Crippen LogP contribution in [0.1, 0.15) is 5.56 Å². The van der Waals surface area contributed by atoms with E-state index in [9.17, 15) is 14.0 Å². The molecule has 0 radical (unpaired) electrons. The predicted molar refractivity (Wildman–Crippen MR) is 179 cm³/mol.